The molecule has 0 spiro atoms. The van der Waals surface area contributed by atoms with E-state index in [1.165, 1.54) is 0 Å². The molecule has 1 rings (SSSR count). The second-order valence-electron chi connectivity index (χ2n) is 5.92. The second-order valence-corrected chi connectivity index (χ2v) is 5.92. The van der Waals surface area contributed by atoms with Gasteiger partial charge in [-0.15, -0.1) is 0 Å². The van der Waals surface area contributed by atoms with Gasteiger partial charge in [-0.3, -0.25) is 0 Å². The molecule has 3 heteroatoms. The third-order valence-corrected chi connectivity index (χ3v) is 3.40. The summed E-state index contributed by atoms with van der Waals surface area (Å²) in [5.41, 5.74) is 0.806. The van der Waals surface area contributed by atoms with Crippen LogP contribution in [0, 0.1) is 82.9 Å². The van der Waals surface area contributed by atoms with E-state index in [1.54, 1.807) is 6.92 Å². The summed E-state index contributed by atoms with van der Waals surface area (Å²) in [4.78, 5) is 0. The summed E-state index contributed by atoms with van der Waals surface area (Å²) in [5, 5.41) is 13.1. The van der Waals surface area contributed by atoms with Gasteiger partial charge in [0.1, 0.15) is 18.5 Å². The smallest absolute Gasteiger partial charge is 0.119 e. The first kappa shape index (κ1) is 24.9. The first-order valence-electron chi connectivity index (χ1n) is 9.80. The molecule has 31 heavy (non-hydrogen) atoms. The molecule has 0 saturated heterocycles. The fraction of sp³-hybridized carbons (Fsp3) is 0.286. The van der Waals surface area contributed by atoms with Gasteiger partial charge in [0.25, 0.3) is 0 Å². The molecule has 0 amide bonds. The lowest BCUT2D eigenvalue weighted by molar-refractivity contribution is 0.106. The second kappa shape index (κ2) is 17.9. The van der Waals surface area contributed by atoms with Crippen molar-refractivity contribution in [3.05, 3.63) is 29.8 Å². The Balaban J connectivity index is -0.0000000801. The zero-order valence-corrected chi connectivity index (χ0v) is 17.8. The van der Waals surface area contributed by atoms with Crippen LogP contribution in [0.5, 0.6) is 5.75 Å². The van der Waals surface area contributed by atoms with Crippen LogP contribution in [0.15, 0.2) is 24.3 Å². The Morgan fingerprint density at radius 2 is 1.42 bits per heavy atom. The molecule has 1 unspecified atom stereocenters. The lowest BCUT2D eigenvalue weighted by Gasteiger charge is -2.13. The number of benzene rings is 1. The van der Waals surface area contributed by atoms with Crippen molar-refractivity contribution in [1.82, 2.24) is 5.32 Å². The molecule has 0 aromatic heterocycles. The van der Waals surface area contributed by atoms with Crippen LogP contribution in [0.2, 0.25) is 0 Å². The summed E-state index contributed by atoms with van der Waals surface area (Å²) >= 11 is 0. The molecule has 0 aliphatic rings. The fourth-order valence-electron chi connectivity index (χ4n) is 1.93. The zero-order chi connectivity index (χ0) is 22.4. The minimum atomic E-state index is -0.543. The van der Waals surface area contributed by atoms with Crippen LogP contribution in [-0.2, 0) is 0 Å². The summed E-state index contributed by atoms with van der Waals surface area (Å²) in [6.07, 6.45) is 1.69. The molecule has 2 N–H and O–H groups in total. The van der Waals surface area contributed by atoms with Crippen LogP contribution in [-0.4, -0.2) is 30.9 Å². The van der Waals surface area contributed by atoms with Gasteiger partial charge >= 0.3 is 0 Å². The van der Waals surface area contributed by atoms with Crippen LogP contribution in [0.4, 0.5) is 0 Å². The summed E-state index contributed by atoms with van der Waals surface area (Å²) < 4.78 is 5.58. The number of ether oxygens (including phenoxy) is 1. The number of aliphatic hydroxyl groups excluding tert-OH is 1. The molecule has 3 nitrogen and oxygen atoms in total. The number of nitrogens with one attached hydrogen (secondary N) is 1. The lowest BCUT2D eigenvalue weighted by atomic mass is 10.2. The monoisotopic (exact) mass is 429 g/mol. The van der Waals surface area contributed by atoms with Crippen LogP contribution >= 0.6 is 0 Å². The van der Waals surface area contributed by atoms with E-state index in [1.807, 2.05) is 24.3 Å². The Morgan fingerprint density at radius 3 is 1.97 bits per heavy atom. The van der Waals surface area contributed by atoms with E-state index in [9.17, 15) is 5.11 Å². The van der Waals surface area contributed by atoms with E-state index < -0.39 is 6.10 Å². The Kier molecular flexibility index (Phi) is 14.4. The van der Waals surface area contributed by atoms with Gasteiger partial charge in [0.15, 0.2) is 0 Å². The third kappa shape index (κ3) is 14.5. The summed E-state index contributed by atoms with van der Waals surface area (Å²) in [6, 6.07) is 7.29. The van der Waals surface area contributed by atoms with Crippen LogP contribution in [0.3, 0.4) is 0 Å². The maximum atomic E-state index is 9.89. The fourth-order valence-corrected chi connectivity index (χ4v) is 1.93. The third-order valence-electron chi connectivity index (χ3n) is 3.40. The average molecular weight is 430 g/mol. The van der Waals surface area contributed by atoms with Crippen molar-refractivity contribution in [2.75, 3.05) is 19.7 Å². The van der Waals surface area contributed by atoms with Crippen molar-refractivity contribution in [3.8, 4) is 88.6 Å². The van der Waals surface area contributed by atoms with E-state index in [2.05, 4.69) is 95.1 Å². The van der Waals surface area contributed by atoms with Gasteiger partial charge < -0.3 is 15.2 Å². The van der Waals surface area contributed by atoms with E-state index in [0.29, 0.717) is 12.3 Å². The highest BCUT2D eigenvalue weighted by molar-refractivity contribution is 5.47. The van der Waals surface area contributed by atoms with Crippen molar-refractivity contribution in [2.24, 2.45) is 0 Å². The van der Waals surface area contributed by atoms with Gasteiger partial charge in [-0.2, -0.15) is 0 Å². The first-order valence-corrected chi connectivity index (χ1v) is 9.80. The SMILES string of the molecule is CC#CC#CC#CC#CC#CC#CC#Cc1ccc(OCC(O)CNCCCC)cc1.[HH].[HH].[HH].[HH].[HH].[HH].[HH].[HH].[HH].[HH].[HH].[HH]. The predicted molar refractivity (Wildman–Crippen MR) is 150 cm³/mol. The van der Waals surface area contributed by atoms with Gasteiger partial charge in [0.05, 0.1) is 0 Å². The molecule has 0 bridgehead atoms. The Morgan fingerprint density at radius 1 is 0.871 bits per heavy atom. The number of rotatable bonds is 8. The molecule has 0 fully saturated rings. The van der Waals surface area contributed by atoms with Crippen LogP contribution in [0.1, 0.15) is 49.4 Å². The average Bonchev–Trinajstić information content (AvgIpc) is 2.79. The molecule has 1 atom stereocenters. The molecule has 176 valence electrons. The van der Waals surface area contributed by atoms with Gasteiger partial charge in [-0.1, -0.05) is 25.2 Å². The number of aliphatic hydroxyl groups is 1. The Labute approximate surface area is 204 Å². The number of hydrogen-bond donors (Lipinski definition) is 2. The van der Waals surface area contributed by atoms with E-state index >= 15 is 0 Å². The maximum Gasteiger partial charge on any atom is 0.119 e. The van der Waals surface area contributed by atoms with Crippen molar-refractivity contribution >= 4 is 0 Å². The highest BCUT2D eigenvalue weighted by atomic mass is 16.5. The summed E-state index contributed by atoms with van der Waals surface area (Å²) in [5.74, 6) is 37.2. The Hall–Kier alpha value is -4.14. The van der Waals surface area contributed by atoms with E-state index in [0.717, 1.165) is 24.9 Å². The molecule has 0 saturated carbocycles. The van der Waals surface area contributed by atoms with Crippen molar-refractivity contribution in [2.45, 2.75) is 32.8 Å². The van der Waals surface area contributed by atoms with Crippen molar-refractivity contribution < 1.29 is 27.0 Å². The molecule has 0 radical (unpaired) electrons. The largest absolute Gasteiger partial charge is 0.491 e. The molecule has 0 aliphatic carbocycles. The minimum absolute atomic E-state index is 0. The lowest BCUT2D eigenvalue weighted by Crippen LogP contribution is -2.31. The topological polar surface area (TPSA) is 41.5 Å². The summed E-state index contributed by atoms with van der Waals surface area (Å²) in [6.45, 7) is 5.50. The normalized spacial score (nSPS) is 8.61. The molecule has 1 aromatic rings. The van der Waals surface area contributed by atoms with Gasteiger partial charge in [0, 0.05) is 29.2 Å². The standard InChI is InChI=1S/C28H23NO2.12H2/c1-3-5-7-8-9-10-11-12-13-14-15-16-17-18-26-19-21-28(22-20-26)31-25-27(30)24-29-23-6-4-2;;;;;;;;;;;;/h19-22,27,29-30H,4,6,23-25H2,1-2H3;12*1H. The van der Waals surface area contributed by atoms with Crippen LogP contribution < -0.4 is 10.1 Å². The van der Waals surface area contributed by atoms with Gasteiger partial charge in [-0.25, -0.2) is 0 Å². The highest BCUT2D eigenvalue weighted by Crippen LogP contribution is 2.11. The van der Waals surface area contributed by atoms with Gasteiger partial charge in [-0.05, 0) is 115 Å². The zero-order valence-electron chi connectivity index (χ0n) is 17.8. The minimum Gasteiger partial charge on any atom is -0.491 e. The van der Waals surface area contributed by atoms with E-state index in [4.69, 9.17) is 4.74 Å². The molecule has 0 heterocycles. The molecular formula is C28H47NO2. The molecular weight excluding hydrogens is 382 g/mol. The van der Waals surface area contributed by atoms with Gasteiger partial charge in [0.2, 0.25) is 0 Å². The van der Waals surface area contributed by atoms with Crippen molar-refractivity contribution in [1.29, 1.82) is 0 Å². The first-order chi connectivity index (χ1) is 15.3. The molecule has 1 aromatic carbocycles. The summed E-state index contributed by atoms with van der Waals surface area (Å²) in [7, 11) is 0. The highest BCUT2D eigenvalue weighted by Gasteiger charge is 2.04. The van der Waals surface area contributed by atoms with Crippen molar-refractivity contribution in [3.63, 3.8) is 0 Å². The maximum absolute atomic E-state index is 9.89. The van der Waals surface area contributed by atoms with E-state index in [-0.39, 0.29) is 23.7 Å². The Bertz CT molecular complexity index is 1160. The number of hydrogen-bond acceptors (Lipinski definition) is 3. The number of unbranched alkanes of at least 4 members (excludes halogenated alkanes) is 1. The molecule has 0 aliphatic heterocycles. The quantitative estimate of drug-likeness (QED) is 0.443. The van der Waals surface area contributed by atoms with Crippen LogP contribution in [0.25, 0.3) is 0 Å². The predicted octanol–water partition coefficient (Wildman–Crippen LogP) is 5.16.